The Balaban J connectivity index is 1.74. The number of carbonyl (C=O) groups is 1. The highest BCUT2D eigenvalue weighted by Gasteiger charge is 2.30. The average molecular weight is 259 g/mol. The minimum atomic E-state index is 0.182. The van der Waals surface area contributed by atoms with E-state index < -0.39 is 0 Å². The van der Waals surface area contributed by atoms with Gasteiger partial charge in [0.15, 0.2) is 0 Å². The van der Waals surface area contributed by atoms with Crippen molar-refractivity contribution in [3.8, 4) is 0 Å². The molecule has 1 N–H and O–H groups in total. The van der Waals surface area contributed by atoms with E-state index in [0.29, 0.717) is 0 Å². The molecule has 0 bridgehead atoms. The van der Waals surface area contributed by atoms with E-state index in [2.05, 4.69) is 28.2 Å². The highest BCUT2D eigenvalue weighted by atomic mass is 16.2. The van der Waals surface area contributed by atoms with Gasteiger partial charge in [-0.1, -0.05) is 12.1 Å². The molecule has 0 unspecified atom stereocenters. The van der Waals surface area contributed by atoms with E-state index in [1.807, 2.05) is 18.2 Å². The van der Waals surface area contributed by atoms with E-state index in [-0.39, 0.29) is 11.8 Å². The second-order valence-corrected chi connectivity index (χ2v) is 5.57. The fraction of sp³-hybridized carbons (Fsp3) is 0.533. The first-order chi connectivity index (χ1) is 9.24. The molecule has 4 nitrogen and oxygen atoms in total. The molecule has 19 heavy (non-hydrogen) atoms. The van der Waals surface area contributed by atoms with Crippen LogP contribution in [0.2, 0.25) is 0 Å². The number of hydrogen-bond acceptors (Lipinski definition) is 3. The van der Waals surface area contributed by atoms with Crippen molar-refractivity contribution in [1.82, 2.24) is 4.90 Å². The van der Waals surface area contributed by atoms with Crippen LogP contribution in [0.4, 0.5) is 11.4 Å². The molecule has 1 aliphatic heterocycles. The Morgan fingerprint density at radius 1 is 1.16 bits per heavy atom. The van der Waals surface area contributed by atoms with Crippen molar-refractivity contribution >= 4 is 17.3 Å². The summed E-state index contributed by atoms with van der Waals surface area (Å²) < 4.78 is 0. The number of para-hydroxylation sites is 2. The summed E-state index contributed by atoms with van der Waals surface area (Å²) in [5, 5.41) is 3.09. The lowest BCUT2D eigenvalue weighted by atomic mass is 10.2. The molecule has 3 rings (SSSR count). The summed E-state index contributed by atoms with van der Waals surface area (Å²) in [7, 11) is 2.15. The highest BCUT2D eigenvalue weighted by molar-refractivity contribution is 5.97. The number of nitrogens with one attached hydrogen (secondary N) is 1. The third-order valence-corrected chi connectivity index (χ3v) is 3.95. The molecule has 0 atom stereocenters. The van der Waals surface area contributed by atoms with Crippen LogP contribution in [0.25, 0.3) is 0 Å². The first-order valence-electron chi connectivity index (χ1n) is 7.07. The summed E-state index contributed by atoms with van der Waals surface area (Å²) in [6.07, 6.45) is 2.09. The predicted molar refractivity (Wildman–Crippen MR) is 77.5 cm³/mol. The van der Waals surface area contributed by atoms with Gasteiger partial charge in [-0.15, -0.1) is 0 Å². The molecule has 1 aromatic carbocycles. The number of rotatable bonds is 3. The number of piperazine rings is 1. The zero-order valence-corrected chi connectivity index (χ0v) is 11.4. The Morgan fingerprint density at radius 3 is 2.53 bits per heavy atom. The van der Waals surface area contributed by atoms with Gasteiger partial charge in [-0.05, 0) is 32.0 Å². The SMILES string of the molecule is CN1CCN(c2ccccc2NC(=O)C2CC2)CC1. The number of amides is 1. The highest BCUT2D eigenvalue weighted by Crippen LogP contribution is 2.32. The summed E-state index contributed by atoms with van der Waals surface area (Å²) in [4.78, 5) is 16.6. The number of likely N-dealkylation sites (N-methyl/N-ethyl adjacent to an activating group) is 1. The lowest BCUT2D eigenvalue weighted by Gasteiger charge is -2.35. The quantitative estimate of drug-likeness (QED) is 0.899. The van der Waals surface area contributed by atoms with Crippen LogP contribution in [0.1, 0.15) is 12.8 Å². The Hall–Kier alpha value is -1.55. The van der Waals surface area contributed by atoms with Crippen molar-refractivity contribution in [3.63, 3.8) is 0 Å². The zero-order valence-electron chi connectivity index (χ0n) is 11.4. The molecule has 102 valence electrons. The van der Waals surface area contributed by atoms with Crippen molar-refractivity contribution in [2.24, 2.45) is 5.92 Å². The van der Waals surface area contributed by atoms with Gasteiger partial charge in [0, 0.05) is 32.1 Å². The Morgan fingerprint density at radius 2 is 1.84 bits per heavy atom. The molecule has 1 amide bonds. The van der Waals surface area contributed by atoms with Gasteiger partial charge in [0.25, 0.3) is 0 Å². The van der Waals surface area contributed by atoms with E-state index in [1.54, 1.807) is 0 Å². The van der Waals surface area contributed by atoms with Crippen molar-refractivity contribution in [2.45, 2.75) is 12.8 Å². The Kier molecular flexibility index (Phi) is 3.42. The van der Waals surface area contributed by atoms with E-state index >= 15 is 0 Å². The van der Waals surface area contributed by atoms with Gasteiger partial charge in [0.05, 0.1) is 11.4 Å². The number of hydrogen-bond donors (Lipinski definition) is 1. The van der Waals surface area contributed by atoms with Crippen LogP contribution in [-0.2, 0) is 4.79 Å². The maximum atomic E-state index is 11.9. The second kappa shape index (κ2) is 5.21. The van der Waals surface area contributed by atoms with Gasteiger partial charge in [0.2, 0.25) is 5.91 Å². The van der Waals surface area contributed by atoms with Crippen LogP contribution < -0.4 is 10.2 Å². The van der Waals surface area contributed by atoms with Crippen LogP contribution in [0.3, 0.4) is 0 Å². The molecule has 0 spiro atoms. The van der Waals surface area contributed by atoms with Gasteiger partial charge in [-0.3, -0.25) is 4.79 Å². The normalized spacial score (nSPS) is 20.4. The first kappa shape index (κ1) is 12.5. The number of benzene rings is 1. The number of anilines is 2. The fourth-order valence-corrected chi connectivity index (χ4v) is 2.48. The maximum Gasteiger partial charge on any atom is 0.227 e. The molecule has 1 saturated heterocycles. The summed E-state index contributed by atoms with van der Waals surface area (Å²) in [5.74, 6) is 0.433. The van der Waals surface area contributed by atoms with Crippen LogP contribution >= 0.6 is 0 Å². The van der Waals surface area contributed by atoms with Gasteiger partial charge in [-0.2, -0.15) is 0 Å². The molecule has 2 aliphatic rings. The fourth-order valence-electron chi connectivity index (χ4n) is 2.48. The average Bonchev–Trinajstić information content (AvgIpc) is 3.25. The standard InChI is InChI=1S/C15H21N3O/c1-17-8-10-18(11-9-17)14-5-3-2-4-13(14)16-15(19)12-6-7-12/h2-5,12H,6-11H2,1H3,(H,16,19). The molecule has 0 aromatic heterocycles. The van der Waals surface area contributed by atoms with Gasteiger partial charge in [0.1, 0.15) is 0 Å². The topological polar surface area (TPSA) is 35.6 Å². The molecule has 1 aromatic rings. The van der Waals surface area contributed by atoms with Crippen molar-refractivity contribution in [3.05, 3.63) is 24.3 Å². The largest absolute Gasteiger partial charge is 0.367 e. The van der Waals surface area contributed by atoms with Crippen LogP contribution in [0, 0.1) is 5.92 Å². The van der Waals surface area contributed by atoms with E-state index in [9.17, 15) is 4.79 Å². The lowest BCUT2D eigenvalue weighted by Crippen LogP contribution is -2.44. The third kappa shape index (κ3) is 2.89. The lowest BCUT2D eigenvalue weighted by molar-refractivity contribution is -0.117. The van der Waals surface area contributed by atoms with Gasteiger partial charge >= 0.3 is 0 Å². The van der Waals surface area contributed by atoms with Gasteiger partial charge < -0.3 is 15.1 Å². The van der Waals surface area contributed by atoms with Gasteiger partial charge in [-0.25, -0.2) is 0 Å². The minimum Gasteiger partial charge on any atom is -0.367 e. The second-order valence-electron chi connectivity index (χ2n) is 5.57. The predicted octanol–water partition coefficient (Wildman–Crippen LogP) is 1.79. The molecule has 1 heterocycles. The molecule has 0 radical (unpaired) electrons. The van der Waals surface area contributed by atoms with Crippen LogP contribution in [0.5, 0.6) is 0 Å². The molecule has 1 aliphatic carbocycles. The first-order valence-corrected chi connectivity index (χ1v) is 7.07. The number of nitrogens with zero attached hydrogens (tertiary/aromatic N) is 2. The van der Waals surface area contributed by atoms with E-state index in [1.165, 1.54) is 0 Å². The van der Waals surface area contributed by atoms with E-state index in [0.717, 1.165) is 50.4 Å². The molecule has 4 heteroatoms. The Bertz CT molecular complexity index is 462. The number of carbonyl (C=O) groups excluding carboxylic acids is 1. The summed E-state index contributed by atoms with van der Waals surface area (Å²) in [6, 6.07) is 8.14. The zero-order chi connectivity index (χ0) is 13.2. The molecule has 1 saturated carbocycles. The smallest absolute Gasteiger partial charge is 0.227 e. The summed E-state index contributed by atoms with van der Waals surface area (Å²) in [5.41, 5.74) is 2.12. The monoisotopic (exact) mass is 259 g/mol. The molecule has 2 fully saturated rings. The maximum absolute atomic E-state index is 11.9. The van der Waals surface area contributed by atoms with E-state index in [4.69, 9.17) is 0 Å². The summed E-state index contributed by atoms with van der Waals surface area (Å²) >= 11 is 0. The van der Waals surface area contributed by atoms with Crippen molar-refractivity contribution < 1.29 is 4.79 Å². The minimum absolute atomic E-state index is 0.182. The van der Waals surface area contributed by atoms with Crippen molar-refractivity contribution in [2.75, 3.05) is 43.4 Å². The van der Waals surface area contributed by atoms with Crippen LogP contribution in [0.15, 0.2) is 24.3 Å². The molecular weight excluding hydrogens is 238 g/mol. The van der Waals surface area contributed by atoms with Crippen molar-refractivity contribution in [1.29, 1.82) is 0 Å². The molecular formula is C15H21N3O. The summed E-state index contributed by atoms with van der Waals surface area (Å²) in [6.45, 7) is 4.19. The third-order valence-electron chi connectivity index (χ3n) is 3.95. The Labute approximate surface area is 114 Å². The van der Waals surface area contributed by atoms with Crippen LogP contribution in [-0.4, -0.2) is 44.0 Å².